The Labute approximate surface area is 116 Å². The summed E-state index contributed by atoms with van der Waals surface area (Å²) in [4.78, 5) is 0. The van der Waals surface area contributed by atoms with Crippen LogP contribution in [0.5, 0.6) is 5.75 Å². The Morgan fingerprint density at radius 2 is 1.95 bits per heavy atom. The Morgan fingerprint density at radius 3 is 2.37 bits per heavy atom. The number of aryl methyl sites for hydroxylation is 2. The SMILES string of the molecule is COc1c(C)c(C)cc(C)c1C1(C(C)CN)COC1. The third-order valence-electron chi connectivity index (χ3n) is 4.70. The number of hydrogen-bond donors (Lipinski definition) is 1. The Bertz CT molecular complexity index is 478. The van der Waals surface area contributed by atoms with E-state index in [0.29, 0.717) is 12.5 Å². The summed E-state index contributed by atoms with van der Waals surface area (Å²) >= 11 is 0. The van der Waals surface area contributed by atoms with E-state index < -0.39 is 0 Å². The second-order valence-electron chi connectivity index (χ2n) is 5.83. The van der Waals surface area contributed by atoms with Crippen molar-refractivity contribution < 1.29 is 9.47 Å². The molecule has 0 amide bonds. The lowest BCUT2D eigenvalue weighted by atomic mass is 9.67. The van der Waals surface area contributed by atoms with Crippen molar-refractivity contribution in [2.75, 3.05) is 26.9 Å². The first-order valence-corrected chi connectivity index (χ1v) is 6.91. The van der Waals surface area contributed by atoms with E-state index >= 15 is 0 Å². The molecule has 1 fully saturated rings. The highest BCUT2D eigenvalue weighted by atomic mass is 16.5. The van der Waals surface area contributed by atoms with Crippen LogP contribution in [0.4, 0.5) is 0 Å². The smallest absolute Gasteiger partial charge is 0.126 e. The minimum atomic E-state index is 0.0165. The van der Waals surface area contributed by atoms with Gasteiger partial charge in [-0.3, -0.25) is 0 Å². The third kappa shape index (κ3) is 2.05. The van der Waals surface area contributed by atoms with Crippen LogP contribution in [0.1, 0.15) is 29.2 Å². The molecule has 1 aliphatic rings. The molecule has 106 valence electrons. The van der Waals surface area contributed by atoms with Crippen LogP contribution < -0.4 is 10.5 Å². The summed E-state index contributed by atoms with van der Waals surface area (Å²) in [5.41, 5.74) is 11.0. The maximum atomic E-state index is 5.92. The van der Waals surface area contributed by atoms with Crippen molar-refractivity contribution in [2.24, 2.45) is 11.7 Å². The second-order valence-corrected chi connectivity index (χ2v) is 5.83. The summed E-state index contributed by atoms with van der Waals surface area (Å²) in [5.74, 6) is 1.40. The van der Waals surface area contributed by atoms with E-state index in [-0.39, 0.29) is 5.41 Å². The minimum Gasteiger partial charge on any atom is -0.496 e. The highest BCUT2D eigenvalue weighted by Crippen LogP contribution is 2.46. The molecule has 19 heavy (non-hydrogen) atoms. The maximum Gasteiger partial charge on any atom is 0.126 e. The maximum absolute atomic E-state index is 5.92. The first-order chi connectivity index (χ1) is 8.97. The van der Waals surface area contributed by atoms with Crippen LogP contribution in [0, 0.1) is 26.7 Å². The van der Waals surface area contributed by atoms with Crippen molar-refractivity contribution in [3.05, 3.63) is 28.3 Å². The van der Waals surface area contributed by atoms with Crippen LogP contribution in [0.3, 0.4) is 0 Å². The third-order valence-corrected chi connectivity index (χ3v) is 4.70. The van der Waals surface area contributed by atoms with E-state index in [9.17, 15) is 0 Å². The second kappa shape index (κ2) is 5.14. The molecule has 1 atom stereocenters. The van der Waals surface area contributed by atoms with Gasteiger partial charge in [0.1, 0.15) is 5.75 Å². The zero-order valence-electron chi connectivity index (χ0n) is 12.7. The number of hydrogen-bond acceptors (Lipinski definition) is 3. The lowest BCUT2D eigenvalue weighted by Crippen LogP contribution is -2.54. The van der Waals surface area contributed by atoms with Gasteiger partial charge in [0.05, 0.1) is 20.3 Å². The molecular weight excluding hydrogens is 238 g/mol. The fourth-order valence-electron chi connectivity index (χ4n) is 3.15. The predicted octanol–water partition coefficient (Wildman–Crippen LogP) is 2.48. The Balaban J connectivity index is 2.64. The van der Waals surface area contributed by atoms with Crippen LogP contribution in [0.2, 0.25) is 0 Å². The molecule has 1 unspecified atom stereocenters. The lowest BCUT2D eigenvalue weighted by Gasteiger charge is -2.47. The Hall–Kier alpha value is -1.06. The van der Waals surface area contributed by atoms with Crippen molar-refractivity contribution in [2.45, 2.75) is 33.1 Å². The topological polar surface area (TPSA) is 44.5 Å². The van der Waals surface area contributed by atoms with Gasteiger partial charge in [-0.25, -0.2) is 0 Å². The number of benzene rings is 1. The quantitative estimate of drug-likeness (QED) is 0.907. The molecule has 3 heteroatoms. The summed E-state index contributed by atoms with van der Waals surface area (Å²) in [7, 11) is 1.76. The van der Waals surface area contributed by atoms with Crippen molar-refractivity contribution in [3.63, 3.8) is 0 Å². The largest absolute Gasteiger partial charge is 0.496 e. The average Bonchev–Trinajstić information content (AvgIpc) is 2.34. The van der Waals surface area contributed by atoms with Crippen LogP contribution >= 0.6 is 0 Å². The van der Waals surface area contributed by atoms with Crippen molar-refractivity contribution in [1.82, 2.24) is 0 Å². The first kappa shape index (κ1) is 14.4. The van der Waals surface area contributed by atoms with Crippen LogP contribution in [-0.2, 0) is 10.2 Å². The lowest BCUT2D eigenvalue weighted by molar-refractivity contribution is -0.0866. The minimum absolute atomic E-state index is 0.0165. The zero-order chi connectivity index (χ0) is 14.2. The molecule has 1 aromatic carbocycles. The van der Waals surface area contributed by atoms with Crippen LogP contribution in [0.25, 0.3) is 0 Å². The summed E-state index contributed by atoms with van der Waals surface area (Å²) in [6.07, 6.45) is 0. The number of nitrogens with two attached hydrogens (primary N) is 1. The standard InChI is InChI=1S/C16H25NO2/c1-10-6-11(2)14(15(18-5)13(10)4)16(8-19-9-16)12(3)7-17/h6,12H,7-9,17H2,1-5H3. The summed E-state index contributed by atoms with van der Waals surface area (Å²) < 4.78 is 11.2. The van der Waals surface area contributed by atoms with Gasteiger partial charge >= 0.3 is 0 Å². The van der Waals surface area contributed by atoms with Gasteiger partial charge < -0.3 is 15.2 Å². The van der Waals surface area contributed by atoms with Crippen molar-refractivity contribution >= 4 is 0 Å². The highest BCUT2D eigenvalue weighted by molar-refractivity contribution is 5.54. The molecular formula is C16H25NO2. The molecule has 2 rings (SSSR count). The van der Waals surface area contributed by atoms with E-state index in [1.165, 1.54) is 22.3 Å². The predicted molar refractivity (Wildman–Crippen MR) is 77.9 cm³/mol. The van der Waals surface area contributed by atoms with Gasteiger partial charge in [0, 0.05) is 11.0 Å². The van der Waals surface area contributed by atoms with E-state index in [4.69, 9.17) is 15.2 Å². The van der Waals surface area contributed by atoms with Crippen LogP contribution in [0.15, 0.2) is 6.07 Å². The molecule has 0 bridgehead atoms. The molecule has 2 N–H and O–H groups in total. The Kier molecular flexibility index (Phi) is 3.88. The average molecular weight is 263 g/mol. The van der Waals surface area contributed by atoms with E-state index in [1.807, 2.05) is 0 Å². The van der Waals surface area contributed by atoms with Gasteiger partial charge in [0.15, 0.2) is 0 Å². The van der Waals surface area contributed by atoms with E-state index in [0.717, 1.165) is 19.0 Å². The molecule has 3 nitrogen and oxygen atoms in total. The highest BCUT2D eigenvalue weighted by Gasteiger charge is 2.47. The summed E-state index contributed by atoms with van der Waals surface area (Å²) in [6.45, 7) is 10.8. The first-order valence-electron chi connectivity index (χ1n) is 6.91. The molecule has 1 saturated heterocycles. The number of ether oxygens (including phenoxy) is 2. The van der Waals surface area contributed by atoms with Gasteiger partial charge in [-0.05, 0) is 49.9 Å². The molecule has 0 saturated carbocycles. The molecule has 0 spiro atoms. The van der Waals surface area contributed by atoms with Gasteiger partial charge in [-0.15, -0.1) is 0 Å². The monoisotopic (exact) mass is 263 g/mol. The van der Waals surface area contributed by atoms with E-state index in [1.54, 1.807) is 7.11 Å². The molecule has 1 aliphatic heterocycles. The molecule has 0 aliphatic carbocycles. The molecule has 0 radical (unpaired) electrons. The van der Waals surface area contributed by atoms with Crippen LogP contribution in [-0.4, -0.2) is 26.9 Å². The van der Waals surface area contributed by atoms with Gasteiger partial charge in [0.2, 0.25) is 0 Å². The normalized spacial score (nSPS) is 18.8. The molecule has 0 aromatic heterocycles. The molecule has 1 aromatic rings. The molecule has 1 heterocycles. The van der Waals surface area contributed by atoms with Gasteiger partial charge in [0.25, 0.3) is 0 Å². The number of methoxy groups -OCH3 is 1. The van der Waals surface area contributed by atoms with E-state index in [2.05, 4.69) is 33.8 Å². The summed E-state index contributed by atoms with van der Waals surface area (Å²) in [5, 5.41) is 0. The van der Waals surface area contributed by atoms with Crippen molar-refractivity contribution in [3.8, 4) is 5.75 Å². The fraction of sp³-hybridized carbons (Fsp3) is 0.625. The zero-order valence-corrected chi connectivity index (χ0v) is 12.7. The van der Waals surface area contributed by atoms with Crippen molar-refractivity contribution in [1.29, 1.82) is 0 Å². The fourth-order valence-corrected chi connectivity index (χ4v) is 3.15. The Morgan fingerprint density at radius 1 is 1.32 bits per heavy atom. The number of rotatable bonds is 4. The van der Waals surface area contributed by atoms with Gasteiger partial charge in [-0.1, -0.05) is 13.0 Å². The summed E-state index contributed by atoms with van der Waals surface area (Å²) in [6, 6.07) is 2.25. The van der Waals surface area contributed by atoms with Gasteiger partial charge in [-0.2, -0.15) is 0 Å².